The summed E-state index contributed by atoms with van der Waals surface area (Å²) in [7, 11) is 0. The molecule has 5 heteroatoms. The van der Waals surface area contributed by atoms with Crippen LogP contribution in [0.15, 0.2) is 0 Å². The molecule has 1 fully saturated rings. The Morgan fingerprint density at radius 2 is 2.06 bits per heavy atom. The Balaban J connectivity index is 2.67. The number of carbonyl (C=O) groups excluding carboxylic acids is 1. The molecule has 1 amide bonds. The maximum absolute atomic E-state index is 12.2. The average molecular weight is 273 g/mol. The van der Waals surface area contributed by atoms with E-state index < -0.39 is 12.0 Å². The third kappa shape index (κ3) is 3.90. The van der Waals surface area contributed by atoms with E-state index in [1.807, 2.05) is 6.92 Å². The van der Waals surface area contributed by atoms with Crippen molar-refractivity contribution in [1.29, 1.82) is 0 Å². The number of amides is 1. The van der Waals surface area contributed by atoms with Gasteiger partial charge in [0.15, 0.2) is 0 Å². The van der Waals surface area contributed by atoms with Crippen molar-refractivity contribution in [2.45, 2.75) is 40.2 Å². The van der Waals surface area contributed by atoms with Crippen LogP contribution in [0.3, 0.4) is 0 Å². The summed E-state index contributed by atoms with van der Waals surface area (Å²) in [6.07, 6.45) is 0.429. The summed E-state index contributed by atoms with van der Waals surface area (Å²) in [4.78, 5) is 24.9. The fraction of sp³-hybridized carbons (Fsp3) is 0.846. The van der Waals surface area contributed by atoms with Crippen LogP contribution in [-0.4, -0.2) is 46.0 Å². The lowest BCUT2D eigenvalue weighted by Crippen LogP contribution is -2.50. The molecular formula is C13H23NO3S. The van der Waals surface area contributed by atoms with Gasteiger partial charge < -0.3 is 10.0 Å². The van der Waals surface area contributed by atoms with Gasteiger partial charge in [-0.15, -0.1) is 0 Å². The molecule has 104 valence electrons. The van der Waals surface area contributed by atoms with E-state index in [4.69, 9.17) is 5.11 Å². The van der Waals surface area contributed by atoms with Crippen molar-refractivity contribution < 1.29 is 14.7 Å². The minimum Gasteiger partial charge on any atom is -0.480 e. The molecule has 0 radical (unpaired) electrons. The van der Waals surface area contributed by atoms with Crippen molar-refractivity contribution in [3.05, 3.63) is 0 Å². The lowest BCUT2D eigenvalue weighted by atomic mass is 9.80. The first-order chi connectivity index (χ1) is 8.23. The molecule has 1 aliphatic heterocycles. The Kier molecular flexibility index (Phi) is 5.08. The number of aliphatic carboxylic acids is 1. The fourth-order valence-electron chi connectivity index (χ4n) is 1.79. The van der Waals surface area contributed by atoms with Gasteiger partial charge in [-0.05, 0) is 11.3 Å². The first-order valence-electron chi connectivity index (χ1n) is 6.33. The highest BCUT2D eigenvalue weighted by atomic mass is 32.2. The summed E-state index contributed by atoms with van der Waals surface area (Å²) in [5.41, 5.74) is 0.0684. The van der Waals surface area contributed by atoms with Crippen LogP contribution in [0.5, 0.6) is 0 Å². The molecule has 0 aromatic carbocycles. The molecule has 0 aliphatic carbocycles. The SMILES string of the molecule is CC(CC(=O)N1CCSCC1C(=O)O)C(C)(C)C. The largest absolute Gasteiger partial charge is 0.480 e. The van der Waals surface area contributed by atoms with E-state index in [1.165, 1.54) is 0 Å². The van der Waals surface area contributed by atoms with Crippen molar-refractivity contribution in [3.63, 3.8) is 0 Å². The van der Waals surface area contributed by atoms with E-state index in [0.717, 1.165) is 5.75 Å². The Morgan fingerprint density at radius 1 is 1.44 bits per heavy atom. The number of carboxylic acid groups (broad SMARTS) is 1. The van der Waals surface area contributed by atoms with Crippen LogP contribution in [0.1, 0.15) is 34.1 Å². The first-order valence-corrected chi connectivity index (χ1v) is 7.49. The second-order valence-electron chi connectivity index (χ2n) is 5.99. The van der Waals surface area contributed by atoms with Crippen molar-refractivity contribution >= 4 is 23.6 Å². The minimum atomic E-state index is -0.890. The number of rotatable bonds is 3. The molecule has 0 bridgehead atoms. The van der Waals surface area contributed by atoms with Gasteiger partial charge in [0.2, 0.25) is 5.91 Å². The normalized spacial score (nSPS) is 22.7. The molecule has 2 atom stereocenters. The Bertz CT molecular complexity index is 325. The van der Waals surface area contributed by atoms with Gasteiger partial charge in [0.25, 0.3) is 0 Å². The van der Waals surface area contributed by atoms with Gasteiger partial charge in [-0.3, -0.25) is 4.79 Å². The number of thioether (sulfide) groups is 1. The maximum atomic E-state index is 12.2. The van der Waals surface area contributed by atoms with Gasteiger partial charge >= 0.3 is 5.97 Å². The van der Waals surface area contributed by atoms with Crippen LogP contribution < -0.4 is 0 Å². The summed E-state index contributed by atoms with van der Waals surface area (Å²) in [5.74, 6) is 0.669. The van der Waals surface area contributed by atoms with Crippen LogP contribution in [0.2, 0.25) is 0 Å². The highest BCUT2D eigenvalue weighted by molar-refractivity contribution is 7.99. The standard InChI is InChI=1S/C13H23NO3S/c1-9(13(2,3)4)7-11(15)14-5-6-18-8-10(14)12(16)17/h9-10H,5-8H2,1-4H3,(H,16,17). The van der Waals surface area contributed by atoms with E-state index in [2.05, 4.69) is 20.8 Å². The van der Waals surface area contributed by atoms with Crippen LogP contribution in [0, 0.1) is 11.3 Å². The van der Waals surface area contributed by atoms with Gasteiger partial charge in [-0.25, -0.2) is 4.79 Å². The van der Waals surface area contributed by atoms with E-state index in [1.54, 1.807) is 16.7 Å². The van der Waals surface area contributed by atoms with Gasteiger partial charge in [0, 0.05) is 24.5 Å². The number of hydrogen-bond acceptors (Lipinski definition) is 3. The second kappa shape index (κ2) is 5.95. The summed E-state index contributed by atoms with van der Waals surface area (Å²) >= 11 is 1.60. The monoisotopic (exact) mass is 273 g/mol. The molecule has 2 unspecified atom stereocenters. The summed E-state index contributed by atoms with van der Waals surface area (Å²) < 4.78 is 0. The van der Waals surface area contributed by atoms with Crippen LogP contribution in [0.25, 0.3) is 0 Å². The lowest BCUT2D eigenvalue weighted by Gasteiger charge is -2.35. The van der Waals surface area contributed by atoms with Crippen LogP contribution >= 0.6 is 11.8 Å². The van der Waals surface area contributed by atoms with E-state index in [9.17, 15) is 9.59 Å². The second-order valence-corrected chi connectivity index (χ2v) is 7.14. The van der Waals surface area contributed by atoms with Gasteiger partial charge in [0.05, 0.1) is 0 Å². The molecule has 0 aromatic heterocycles. The van der Waals surface area contributed by atoms with Crippen molar-refractivity contribution in [2.75, 3.05) is 18.1 Å². The summed E-state index contributed by atoms with van der Waals surface area (Å²) in [6.45, 7) is 8.91. The zero-order valence-corrected chi connectivity index (χ0v) is 12.4. The molecule has 1 N–H and O–H groups in total. The Labute approximate surface area is 113 Å². The molecule has 0 saturated carbocycles. The molecule has 1 heterocycles. The molecule has 18 heavy (non-hydrogen) atoms. The van der Waals surface area contributed by atoms with Crippen molar-refractivity contribution in [3.8, 4) is 0 Å². The number of carbonyl (C=O) groups is 2. The molecule has 4 nitrogen and oxygen atoms in total. The number of carboxylic acids is 1. The predicted octanol–water partition coefficient (Wildman–Crippen LogP) is 2.09. The molecule has 1 rings (SSSR count). The minimum absolute atomic E-state index is 0.0230. The molecule has 0 spiro atoms. The predicted molar refractivity (Wildman–Crippen MR) is 73.7 cm³/mol. The topological polar surface area (TPSA) is 57.6 Å². The smallest absolute Gasteiger partial charge is 0.327 e. The van der Waals surface area contributed by atoms with E-state index >= 15 is 0 Å². The zero-order valence-electron chi connectivity index (χ0n) is 11.6. The summed E-state index contributed by atoms with van der Waals surface area (Å²) in [6, 6.07) is -0.650. The molecule has 0 aromatic rings. The Morgan fingerprint density at radius 3 is 2.56 bits per heavy atom. The highest BCUT2D eigenvalue weighted by Crippen LogP contribution is 2.29. The number of hydrogen-bond donors (Lipinski definition) is 1. The lowest BCUT2D eigenvalue weighted by molar-refractivity contribution is -0.149. The fourth-order valence-corrected chi connectivity index (χ4v) is 2.83. The van der Waals surface area contributed by atoms with Gasteiger partial charge in [-0.1, -0.05) is 27.7 Å². The van der Waals surface area contributed by atoms with Crippen molar-refractivity contribution in [1.82, 2.24) is 4.90 Å². The van der Waals surface area contributed by atoms with Crippen molar-refractivity contribution in [2.24, 2.45) is 11.3 Å². The molecule has 1 aliphatic rings. The maximum Gasteiger partial charge on any atom is 0.327 e. The third-order valence-corrected chi connectivity index (χ3v) is 4.72. The average Bonchev–Trinajstić information content (AvgIpc) is 2.27. The zero-order chi connectivity index (χ0) is 13.9. The molecule has 1 saturated heterocycles. The summed E-state index contributed by atoms with van der Waals surface area (Å²) in [5, 5.41) is 9.14. The molecular weight excluding hydrogens is 250 g/mol. The Hall–Kier alpha value is -0.710. The van der Waals surface area contributed by atoms with Gasteiger partial charge in [-0.2, -0.15) is 11.8 Å². The van der Waals surface area contributed by atoms with E-state index in [-0.39, 0.29) is 17.2 Å². The first kappa shape index (κ1) is 15.3. The highest BCUT2D eigenvalue weighted by Gasteiger charge is 2.34. The van der Waals surface area contributed by atoms with Crippen LogP contribution in [0.4, 0.5) is 0 Å². The third-order valence-electron chi connectivity index (χ3n) is 3.69. The number of nitrogens with zero attached hydrogens (tertiary/aromatic N) is 1. The quantitative estimate of drug-likeness (QED) is 0.855. The van der Waals surface area contributed by atoms with E-state index in [0.29, 0.717) is 18.7 Å². The van der Waals surface area contributed by atoms with Gasteiger partial charge in [0.1, 0.15) is 6.04 Å². The van der Waals surface area contributed by atoms with Crippen LogP contribution in [-0.2, 0) is 9.59 Å².